The average Bonchev–Trinajstić information content (AvgIpc) is 3.15. The van der Waals surface area contributed by atoms with Gasteiger partial charge in [0.15, 0.2) is 0 Å². The van der Waals surface area contributed by atoms with Gasteiger partial charge < -0.3 is 0 Å². The minimum atomic E-state index is 0. The molecule has 0 spiro atoms. The van der Waals surface area contributed by atoms with Gasteiger partial charge in [-0.25, -0.2) is 0 Å². The largest absolute Gasteiger partial charge is 0.251 e. The SMILES string of the molecule is CCCCCCCC/C=C/CCc1ccccc1N=C(CCCCC)C(CCCCCC)=Nc1ccccc1CC/C=C/CCCCCCCC.[Ni]. The Hall–Kier alpha value is -2.25. The molecule has 294 valence electrons. The molecule has 2 aromatic rings. The molecule has 0 aliphatic rings. The number of unbranched alkanes of at least 4 members (excludes halogenated alkanes) is 17. The summed E-state index contributed by atoms with van der Waals surface area (Å²) < 4.78 is 0. The van der Waals surface area contributed by atoms with Gasteiger partial charge in [0.2, 0.25) is 0 Å². The molecule has 0 unspecified atom stereocenters. The van der Waals surface area contributed by atoms with Crippen LogP contribution in [-0.2, 0) is 29.3 Å². The van der Waals surface area contributed by atoms with Gasteiger partial charge in [0.1, 0.15) is 0 Å². The van der Waals surface area contributed by atoms with Crippen molar-refractivity contribution in [2.24, 2.45) is 9.98 Å². The van der Waals surface area contributed by atoms with Crippen molar-refractivity contribution in [3.8, 4) is 0 Å². The third-order valence-electron chi connectivity index (χ3n) is 10.1. The van der Waals surface area contributed by atoms with Crippen molar-refractivity contribution in [1.82, 2.24) is 0 Å². The zero-order valence-electron chi connectivity index (χ0n) is 34.2. The van der Waals surface area contributed by atoms with Crippen LogP contribution in [0, 0.1) is 0 Å². The Morgan fingerprint density at radius 3 is 1.17 bits per heavy atom. The number of nitrogens with zero attached hydrogens (tertiary/aromatic N) is 2. The second-order valence-corrected chi connectivity index (χ2v) is 14.8. The predicted molar refractivity (Wildman–Crippen MR) is 231 cm³/mol. The van der Waals surface area contributed by atoms with Crippen molar-refractivity contribution in [2.45, 2.75) is 201 Å². The van der Waals surface area contributed by atoms with Crippen LogP contribution < -0.4 is 0 Å². The fourth-order valence-corrected chi connectivity index (χ4v) is 6.78. The molecule has 2 aromatic carbocycles. The Morgan fingerprint density at radius 1 is 0.404 bits per heavy atom. The molecule has 0 amide bonds. The minimum Gasteiger partial charge on any atom is -0.251 e. The number of aliphatic imine (C=N–C) groups is 2. The van der Waals surface area contributed by atoms with Gasteiger partial charge in [-0.3, -0.25) is 9.98 Å². The maximum atomic E-state index is 5.50. The van der Waals surface area contributed by atoms with Crippen LogP contribution >= 0.6 is 0 Å². The van der Waals surface area contributed by atoms with Gasteiger partial charge in [0.25, 0.3) is 0 Å². The number of hydrogen-bond donors (Lipinski definition) is 0. The Bertz CT molecular complexity index is 1240. The van der Waals surface area contributed by atoms with Crippen molar-refractivity contribution in [1.29, 1.82) is 0 Å². The van der Waals surface area contributed by atoms with Crippen molar-refractivity contribution in [2.75, 3.05) is 0 Å². The Morgan fingerprint density at radius 2 is 0.731 bits per heavy atom. The quantitative estimate of drug-likeness (QED) is 0.0308. The first-order valence-electron chi connectivity index (χ1n) is 21.8. The van der Waals surface area contributed by atoms with E-state index in [0.29, 0.717) is 0 Å². The van der Waals surface area contributed by atoms with E-state index in [1.165, 1.54) is 151 Å². The first-order valence-corrected chi connectivity index (χ1v) is 21.8. The molecule has 2 nitrogen and oxygen atoms in total. The fraction of sp³-hybridized carbons (Fsp3) is 0.633. The van der Waals surface area contributed by atoms with Gasteiger partial charge in [-0.1, -0.05) is 185 Å². The number of aryl methyl sites for hydroxylation is 2. The molecule has 0 N–H and O–H groups in total. The zero-order chi connectivity index (χ0) is 36.5. The van der Waals surface area contributed by atoms with Crippen LogP contribution in [0.4, 0.5) is 11.4 Å². The van der Waals surface area contributed by atoms with E-state index in [0.717, 1.165) is 56.3 Å². The molecule has 0 aliphatic heterocycles. The Labute approximate surface area is 332 Å². The number of hydrogen-bond acceptors (Lipinski definition) is 2. The molecule has 0 saturated heterocycles. The van der Waals surface area contributed by atoms with Crippen LogP contribution in [0.5, 0.6) is 0 Å². The average molecular weight is 754 g/mol. The second kappa shape index (κ2) is 34.5. The van der Waals surface area contributed by atoms with Crippen molar-refractivity contribution in [3.05, 3.63) is 84.0 Å². The van der Waals surface area contributed by atoms with Crippen LogP contribution in [0.1, 0.15) is 199 Å². The van der Waals surface area contributed by atoms with Gasteiger partial charge in [-0.15, -0.1) is 0 Å². The van der Waals surface area contributed by atoms with E-state index in [2.05, 4.69) is 101 Å². The van der Waals surface area contributed by atoms with E-state index in [4.69, 9.17) is 9.98 Å². The summed E-state index contributed by atoms with van der Waals surface area (Å²) in [5.74, 6) is 0. The maximum Gasteiger partial charge on any atom is 0.0665 e. The standard InChI is InChI=1S/C49H78N2.Ni/c1-5-9-13-16-18-20-22-24-26-29-36-44-38-32-34-40-46(44)50-48(42-28-12-8-4)49(43-31-15-11-7-3)51-47-41-35-33-39-45(47)37-30-27-25-23-21-19-17-14-10-6-2;/h24-27,32-35,38-41H,5-23,28-31,36-37,42-43H2,1-4H3;/b26-24+,27-25+,50-48?,51-49?;. The van der Waals surface area contributed by atoms with E-state index < -0.39 is 0 Å². The molecule has 3 heteroatoms. The van der Waals surface area contributed by atoms with E-state index in [9.17, 15) is 0 Å². The second-order valence-electron chi connectivity index (χ2n) is 14.8. The third-order valence-corrected chi connectivity index (χ3v) is 10.1. The summed E-state index contributed by atoms with van der Waals surface area (Å²) in [6, 6.07) is 17.7. The van der Waals surface area contributed by atoms with Crippen LogP contribution in [-0.4, -0.2) is 11.4 Å². The molecule has 0 fully saturated rings. The smallest absolute Gasteiger partial charge is 0.0665 e. The first-order chi connectivity index (χ1) is 25.2. The molecule has 0 bridgehead atoms. The number of allylic oxidation sites excluding steroid dienone is 4. The normalized spacial score (nSPS) is 12.3. The Kier molecular flexibility index (Phi) is 31.7. The molecule has 52 heavy (non-hydrogen) atoms. The number of rotatable bonds is 32. The van der Waals surface area contributed by atoms with Crippen molar-refractivity contribution >= 4 is 22.8 Å². The summed E-state index contributed by atoms with van der Waals surface area (Å²) in [5, 5.41) is 0. The van der Waals surface area contributed by atoms with Crippen LogP contribution in [0.15, 0.2) is 82.8 Å². The molecule has 0 atom stereocenters. The summed E-state index contributed by atoms with van der Waals surface area (Å²) in [7, 11) is 0. The van der Waals surface area contributed by atoms with Gasteiger partial charge >= 0.3 is 0 Å². The number of benzene rings is 2. The van der Waals surface area contributed by atoms with Gasteiger partial charge in [0, 0.05) is 16.5 Å². The first kappa shape index (κ1) is 47.8. The zero-order valence-corrected chi connectivity index (χ0v) is 35.2. The van der Waals surface area contributed by atoms with E-state index >= 15 is 0 Å². The predicted octanol–water partition coefficient (Wildman–Crippen LogP) is 16.6. The third kappa shape index (κ3) is 23.4. The van der Waals surface area contributed by atoms with Gasteiger partial charge in [-0.05, 0) is 100 Å². The van der Waals surface area contributed by atoms with Crippen LogP contribution in [0.3, 0.4) is 0 Å². The van der Waals surface area contributed by atoms with E-state index in [-0.39, 0.29) is 16.5 Å². The van der Waals surface area contributed by atoms with Gasteiger partial charge in [-0.2, -0.15) is 0 Å². The summed E-state index contributed by atoms with van der Waals surface area (Å²) in [6.45, 7) is 9.17. The van der Waals surface area contributed by atoms with Crippen molar-refractivity contribution in [3.63, 3.8) is 0 Å². The summed E-state index contributed by atoms with van der Waals surface area (Å²) in [6.07, 6.45) is 43.2. The molecular weight excluding hydrogens is 675 g/mol. The van der Waals surface area contributed by atoms with Crippen LogP contribution in [0.2, 0.25) is 0 Å². The van der Waals surface area contributed by atoms with E-state index in [1.807, 2.05) is 0 Å². The molecule has 0 saturated carbocycles. The summed E-state index contributed by atoms with van der Waals surface area (Å²) >= 11 is 0. The summed E-state index contributed by atoms with van der Waals surface area (Å²) in [4.78, 5) is 11.0. The molecule has 0 aromatic heterocycles. The van der Waals surface area contributed by atoms with Gasteiger partial charge in [0.05, 0.1) is 22.8 Å². The topological polar surface area (TPSA) is 24.7 Å². The molecule has 0 aliphatic carbocycles. The van der Waals surface area contributed by atoms with Crippen LogP contribution in [0.25, 0.3) is 0 Å². The summed E-state index contributed by atoms with van der Waals surface area (Å²) in [5.41, 5.74) is 7.40. The minimum absolute atomic E-state index is 0. The van der Waals surface area contributed by atoms with E-state index in [1.54, 1.807) is 0 Å². The number of para-hydroxylation sites is 2. The molecule has 2 rings (SSSR count). The maximum absolute atomic E-state index is 5.50. The molecule has 0 heterocycles. The molecular formula is C49H78N2Ni. The molecule has 0 radical (unpaired) electrons. The van der Waals surface area contributed by atoms with Crippen molar-refractivity contribution < 1.29 is 16.5 Å². The fourth-order valence-electron chi connectivity index (χ4n) is 6.78. The Balaban J connectivity index is 0.0000135. The monoisotopic (exact) mass is 753 g/mol.